The molecule has 0 aliphatic heterocycles. The number of fused-ring (bicyclic) bond motifs is 2. The van der Waals surface area contributed by atoms with Crippen molar-refractivity contribution in [2.75, 3.05) is 6.61 Å². The summed E-state index contributed by atoms with van der Waals surface area (Å²) in [5.41, 5.74) is 0.913. The summed E-state index contributed by atoms with van der Waals surface area (Å²) in [7, 11) is 0. The van der Waals surface area contributed by atoms with E-state index in [4.69, 9.17) is 0 Å². The highest BCUT2D eigenvalue weighted by molar-refractivity contribution is 7.99. The molecule has 2 N–H and O–H groups in total. The molecule has 8 heteroatoms. The van der Waals surface area contributed by atoms with Crippen LogP contribution in [0.1, 0.15) is 24.4 Å². The number of aromatic nitrogens is 4. The number of rotatable bonds is 6. The summed E-state index contributed by atoms with van der Waals surface area (Å²) >= 11 is 1.36. The Morgan fingerprint density at radius 2 is 1.69 bits per heavy atom. The maximum absolute atomic E-state index is 13.0. The molecule has 4 rings (SSSR count). The molecular formula is C21H20N4O3S. The number of aromatic amines is 1. The van der Waals surface area contributed by atoms with Gasteiger partial charge in [0.15, 0.2) is 5.16 Å². The lowest BCUT2D eigenvalue weighted by Crippen LogP contribution is -2.24. The highest BCUT2D eigenvalue weighted by atomic mass is 32.2. The van der Waals surface area contributed by atoms with Gasteiger partial charge in [0, 0.05) is 13.2 Å². The summed E-state index contributed by atoms with van der Waals surface area (Å²) in [6.45, 7) is 2.26. The van der Waals surface area contributed by atoms with Gasteiger partial charge in [-0.25, -0.2) is 9.97 Å². The first-order valence-electron chi connectivity index (χ1n) is 9.34. The number of H-pyrrole nitrogens is 1. The SMILES string of the molecule is CC(Sc1nc2ccccc2c(=O)n1CCCO)c1nc2ccccc2c(=O)[nH]1. The normalized spacial score (nSPS) is 12.5. The fourth-order valence-electron chi connectivity index (χ4n) is 3.17. The molecule has 0 radical (unpaired) electrons. The Hall–Kier alpha value is -2.97. The predicted octanol–water partition coefficient (Wildman–Crippen LogP) is 2.87. The predicted molar refractivity (Wildman–Crippen MR) is 114 cm³/mol. The van der Waals surface area contributed by atoms with Gasteiger partial charge in [0.05, 0.1) is 27.1 Å². The Bertz CT molecular complexity index is 1300. The first-order chi connectivity index (χ1) is 14.1. The minimum Gasteiger partial charge on any atom is -0.396 e. The van der Waals surface area contributed by atoms with Crippen LogP contribution in [0.5, 0.6) is 0 Å². The van der Waals surface area contributed by atoms with Crippen molar-refractivity contribution < 1.29 is 5.11 Å². The largest absolute Gasteiger partial charge is 0.396 e. The van der Waals surface area contributed by atoms with Crippen molar-refractivity contribution in [3.05, 3.63) is 75.1 Å². The van der Waals surface area contributed by atoms with Crippen LogP contribution in [0, 0.1) is 0 Å². The Balaban J connectivity index is 1.76. The van der Waals surface area contributed by atoms with Crippen LogP contribution in [0.3, 0.4) is 0 Å². The van der Waals surface area contributed by atoms with Crippen molar-refractivity contribution in [2.45, 2.75) is 30.3 Å². The third-order valence-electron chi connectivity index (χ3n) is 4.66. The smallest absolute Gasteiger partial charge is 0.262 e. The van der Waals surface area contributed by atoms with Gasteiger partial charge in [0.25, 0.3) is 11.1 Å². The molecule has 2 aromatic carbocycles. The molecule has 0 aliphatic rings. The number of hydrogen-bond donors (Lipinski definition) is 2. The van der Waals surface area contributed by atoms with E-state index in [0.29, 0.717) is 45.8 Å². The molecule has 0 aliphatic carbocycles. The first kappa shape index (κ1) is 19.4. The average molecular weight is 408 g/mol. The van der Waals surface area contributed by atoms with E-state index in [1.54, 1.807) is 41.0 Å². The fourth-order valence-corrected chi connectivity index (χ4v) is 4.17. The Morgan fingerprint density at radius 3 is 2.41 bits per heavy atom. The number of thioether (sulfide) groups is 1. The van der Waals surface area contributed by atoms with Crippen molar-refractivity contribution in [1.82, 2.24) is 19.5 Å². The second kappa shape index (κ2) is 8.18. The van der Waals surface area contributed by atoms with Crippen LogP contribution in [0.25, 0.3) is 21.8 Å². The standard InChI is InChI=1S/C21H20N4O3S/c1-13(18-22-16-9-4-2-7-14(16)19(27)24-18)29-21-23-17-10-5-3-8-15(17)20(28)25(21)11-6-12-26/h2-5,7-10,13,26H,6,11-12H2,1H3,(H,22,24,27). The summed E-state index contributed by atoms with van der Waals surface area (Å²) < 4.78 is 1.58. The van der Waals surface area contributed by atoms with Crippen molar-refractivity contribution in [3.8, 4) is 0 Å². The fraction of sp³-hybridized carbons (Fsp3) is 0.238. The number of aliphatic hydroxyl groups excluding tert-OH is 1. The molecular weight excluding hydrogens is 388 g/mol. The van der Waals surface area contributed by atoms with Gasteiger partial charge in [-0.15, -0.1) is 0 Å². The quantitative estimate of drug-likeness (QED) is 0.376. The summed E-state index contributed by atoms with van der Waals surface area (Å²) in [6.07, 6.45) is 0.451. The number of nitrogens with one attached hydrogen (secondary N) is 1. The number of benzene rings is 2. The van der Waals surface area contributed by atoms with Crippen LogP contribution >= 0.6 is 11.8 Å². The van der Waals surface area contributed by atoms with Gasteiger partial charge >= 0.3 is 0 Å². The monoisotopic (exact) mass is 408 g/mol. The van der Waals surface area contributed by atoms with Gasteiger partial charge < -0.3 is 10.1 Å². The van der Waals surface area contributed by atoms with Gasteiger partial charge in [0.1, 0.15) is 5.82 Å². The van der Waals surface area contributed by atoms with E-state index in [-0.39, 0.29) is 23.0 Å². The highest BCUT2D eigenvalue weighted by Gasteiger charge is 2.18. The molecule has 4 aromatic rings. The van der Waals surface area contributed by atoms with Crippen molar-refractivity contribution in [3.63, 3.8) is 0 Å². The van der Waals surface area contributed by atoms with E-state index in [1.165, 1.54) is 11.8 Å². The lowest BCUT2D eigenvalue weighted by molar-refractivity contribution is 0.276. The zero-order chi connectivity index (χ0) is 20.4. The van der Waals surface area contributed by atoms with E-state index in [9.17, 15) is 14.7 Å². The van der Waals surface area contributed by atoms with Gasteiger partial charge in [-0.2, -0.15) is 0 Å². The Morgan fingerprint density at radius 1 is 1.03 bits per heavy atom. The number of nitrogens with zero attached hydrogens (tertiary/aromatic N) is 3. The maximum atomic E-state index is 13.0. The molecule has 148 valence electrons. The molecule has 7 nitrogen and oxygen atoms in total. The molecule has 29 heavy (non-hydrogen) atoms. The summed E-state index contributed by atoms with van der Waals surface area (Å²) in [6, 6.07) is 14.4. The molecule has 2 heterocycles. The average Bonchev–Trinajstić information content (AvgIpc) is 2.73. The maximum Gasteiger partial charge on any atom is 0.262 e. The van der Waals surface area contributed by atoms with Crippen LogP contribution < -0.4 is 11.1 Å². The third kappa shape index (κ3) is 3.81. The van der Waals surface area contributed by atoms with Crippen LogP contribution in [-0.4, -0.2) is 31.2 Å². The van der Waals surface area contributed by atoms with Gasteiger partial charge in [0.2, 0.25) is 0 Å². The minimum absolute atomic E-state index is 0.0154. The van der Waals surface area contributed by atoms with Crippen LogP contribution in [0.15, 0.2) is 63.3 Å². The van der Waals surface area contributed by atoms with Gasteiger partial charge in [-0.05, 0) is 37.6 Å². The molecule has 2 aromatic heterocycles. The van der Waals surface area contributed by atoms with Crippen molar-refractivity contribution in [1.29, 1.82) is 0 Å². The number of hydrogen-bond acceptors (Lipinski definition) is 6. The first-order valence-corrected chi connectivity index (χ1v) is 10.2. The van der Waals surface area contributed by atoms with Crippen molar-refractivity contribution in [2.24, 2.45) is 0 Å². The number of para-hydroxylation sites is 2. The second-order valence-electron chi connectivity index (χ2n) is 6.67. The van der Waals surface area contributed by atoms with Crippen molar-refractivity contribution >= 4 is 33.6 Å². The zero-order valence-corrected chi connectivity index (χ0v) is 16.6. The molecule has 0 fully saturated rings. The van der Waals surface area contributed by atoms with Crippen LogP contribution in [-0.2, 0) is 6.54 Å². The summed E-state index contributed by atoms with van der Waals surface area (Å²) in [4.78, 5) is 37.4. The molecule has 0 spiro atoms. The Labute approximate surface area is 170 Å². The summed E-state index contributed by atoms with van der Waals surface area (Å²) in [5.74, 6) is 0.523. The van der Waals surface area contributed by atoms with E-state index in [2.05, 4.69) is 15.0 Å². The molecule has 0 saturated carbocycles. The van der Waals surface area contributed by atoms with Gasteiger partial charge in [-0.1, -0.05) is 36.0 Å². The highest BCUT2D eigenvalue weighted by Crippen LogP contribution is 2.32. The van der Waals surface area contributed by atoms with E-state index >= 15 is 0 Å². The molecule has 0 amide bonds. The topological polar surface area (TPSA) is 101 Å². The molecule has 0 saturated heterocycles. The Kier molecular flexibility index (Phi) is 5.46. The van der Waals surface area contributed by atoms with Gasteiger partial charge in [-0.3, -0.25) is 14.2 Å². The third-order valence-corrected chi connectivity index (χ3v) is 5.76. The molecule has 0 bridgehead atoms. The second-order valence-corrected chi connectivity index (χ2v) is 7.98. The minimum atomic E-state index is -0.235. The van der Waals surface area contributed by atoms with Crippen LogP contribution in [0.4, 0.5) is 0 Å². The van der Waals surface area contributed by atoms with Crippen LogP contribution in [0.2, 0.25) is 0 Å². The lowest BCUT2D eigenvalue weighted by atomic mass is 10.2. The summed E-state index contributed by atoms with van der Waals surface area (Å²) in [5, 5.41) is 10.6. The number of aliphatic hydroxyl groups is 1. The van der Waals surface area contributed by atoms with E-state index in [0.717, 1.165) is 0 Å². The molecule has 1 atom stereocenters. The van der Waals surface area contributed by atoms with E-state index in [1.807, 2.05) is 19.1 Å². The van der Waals surface area contributed by atoms with E-state index < -0.39 is 0 Å². The molecule has 1 unspecified atom stereocenters. The lowest BCUT2D eigenvalue weighted by Gasteiger charge is -2.16. The zero-order valence-electron chi connectivity index (χ0n) is 15.8.